The highest BCUT2D eigenvalue weighted by Gasteiger charge is 2.42. The maximum atomic E-state index is 12.3. The van der Waals surface area contributed by atoms with Crippen molar-refractivity contribution in [3.63, 3.8) is 0 Å². The second kappa shape index (κ2) is 6.74. The summed E-state index contributed by atoms with van der Waals surface area (Å²) in [4.78, 5) is 15.0. The Morgan fingerprint density at radius 1 is 1.14 bits per heavy atom. The summed E-state index contributed by atoms with van der Waals surface area (Å²) < 4.78 is 0. The van der Waals surface area contributed by atoms with Crippen molar-refractivity contribution in [1.82, 2.24) is 4.90 Å². The van der Waals surface area contributed by atoms with E-state index >= 15 is 0 Å². The number of fused-ring (bicyclic) bond motifs is 2. The monoisotopic (exact) mass is 285 g/mol. The van der Waals surface area contributed by atoms with Crippen molar-refractivity contribution in [2.75, 3.05) is 0 Å². The van der Waals surface area contributed by atoms with Gasteiger partial charge in [-0.25, -0.2) is 0 Å². The Labute approximate surface area is 128 Å². The molecule has 2 heteroatoms. The highest BCUT2D eigenvalue weighted by atomic mass is 16.1. The maximum Gasteiger partial charge on any atom is 0.136 e. The van der Waals surface area contributed by atoms with Crippen LogP contribution in [0.3, 0.4) is 0 Å². The van der Waals surface area contributed by atoms with Gasteiger partial charge < -0.3 is 0 Å². The first-order valence-electron chi connectivity index (χ1n) is 8.60. The molecule has 0 spiro atoms. The molecule has 2 bridgehead atoms. The Kier molecular flexibility index (Phi) is 4.74. The zero-order valence-corrected chi connectivity index (χ0v) is 13.1. The number of nitrogens with zero attached hydrogens (tertiary/aromatic N) is 1. The first kappa shape index (κ1) is 14.8. The SMILES string of the molecule is CCCCC(=O)C1CC2CCC(C1)N2Cc1ccccc1. The maximum absolute atomic E-state index is 12.3. The Balaban J connectivity index is 1.60. The third-order valence-corrected chi connectivity index (χ3v) is 5.32. The third-order valence-electron chi connectivity index (χ3n) is 5.32. The number of Topliss-reactive ketones (excluding diaryl/α,β-unsaturated/α-hetero) is 1. The highest BCUT2D eigenvalue weighted by Crippen LogP contribution is 2.40. The number of ketones is 1. The van der Waals surface area contributed by atoms with Crippen molar-refractivity contribution >= 4 is 5.78 Å². The van der Waals surface area contributed by atoms with Crippen molar-refractivity contribution in [3.8, 4) is 0 Å². The molecule has 0 aromatic heterocycles. The van der Waals surface area contributed by atoms with Gasteiger partial charge in [0.05, 0.1) is 0 Å². The Morgan fingerprint density at radius 3 is 2.43 bits per heavy atom. The summed E-state index contributed by atoms with van der Waals surface area (Å²) >= 11 is 0. The van der Waals surface area contributed by atoms with Gasteiger partial charge in [-0.05, 0) is 37.7 Å². The largest absolute Gasteiger partial charge is 0.299 e. The number of unbranched alkanes of at least 4 members (excludes halogenated alkanes) is 1. The van der Waals surface area contributed by atoms with Gasteiger partial charge >= 0.3 is 0 Å². The number of carbonyl (C=O) groups excluding carboxylic acids is 1. The molecule has 0 radical (unpaired) electrons. The highest BCUT2D eigenvalue weighted by molar-refractivity contribution is 5.81. The normalized spacial score (nSPS) is 28.7. The lowest BCUT2D eigenvalue weighted by molar-refractivity contribution is -0.125. The van der Waals surface area contributed by atoms with Crippen molar-refractivity contribution < 1.29 is 4.79 Å². The summed E-state index contributed by atoms with van der Waals surface area (Å²) in [5, 5.41) is 0. The van der Waals surface area contributed by atoms with E-state index in [0.717, 1.165) is 38.6 Å². The topological polar surface area (TPSA) is 20.3 Å². The van der Waals surface area contributed by atoms with Crippen LogP contribution in [0.25, 0.3) is 0 Å². The molecule has 2 saturated heterocycles. The quantitative estimate of drug-likeness (QED) is 0.781. The van der Waals surface area contributed by atoms with Crippen LogP contribution in [0.2, 0.25) is 0 Å². The number of hydrogen-bond donors (Lipinski definition) is 0. The molecule has 1 aromatic rings. The van der Waals surface area contributed by atoms with Gasteiger partial charge in [-0.2, -0.15) is 0 Å². The van der Waals surface area contributed by atoms with Crippen LogP contribution in [0.15, 0.2) is 30.3 Å². The van der Waals surface area contributed by atoms with Gasteiger partial charge in [0.25, 0.3) is 0 Å². The molecule has 2 unspecified atom stereocenters. The summed E-state index contributed by atoms with van der Waals surface area (Å²) in [6.07, 6.45) is 7.78. The molecule has 0 saturated carbocycles. The molecule has 3 rings (SSSR count). The van der Waals surface area contributed by atoms with Crippen LogP contribution in [0.5, 0.6) is 0 Å². The minimum Gasteiger partial charge on any atom is -0.299 e. The summed E-state index contributed by atoms with van der Waals surface area (Å²) in [5.41, 5.74) is 1.41. The summed E-state index contributed by atoms with van der Waals surface area (Å²) in [6, 6.07) is 12.0. The van der Waals surface area contributed by atoms with Crippen LogP contribution >= 0.6 is 0 Å². The fourth-order valence-corrected chi connectivity index (χ4v) is 4.14. The standard InChI is InChI=1S/C19H27NO/c1-2-3-9-19(21)16-12-17-10-11-18(13-16)20(17)14-15-7-5-4-6-8-15/h4-8,16-18H,2-3,9-14H2,1H3. The summed E-state index contributed by atoms with van der Waals surface area (Å²) in [5.74, 6) is 0.884. The van der Waals surface area contributed by atoms with E-state index in [0.29, 0.717) is 23.8 Å². The van der Waals surface area contributed by atoms with Crippen molar-refractivity contribution in [2.24, 2.45) is 5.92 Å². The fourth-order valence-electron chi connectivity index (χ4n) is 4.14. The van der Waals surface area contributed by atoms with Gasteiger partial charge in [0.15, 0.2) is 0 Å². The average Bonchev–Trinajstić information content (AvgIpc) is 2.75. The van der Waals surface area contributed by atoms with Crippen LogP contribution in [0, 0.1) is 5.92 Å². The molecule has 0 N–H and O–H groups in total. The minimum atomic E-state index is 0.348. The average molecular weight is 285 g/mol. The van der Waals surface area contributed by atoms with E-state index in [2.05, 4.69) is 42.2 Å². The van der Waals surface area contributed by atoms with Gasteiger partial charge in [0, 0.05) is 31.0 Å². The van der Waals surface area contributed by atoms with E-state index in [4.69, 9.17) is 0 Å². The van der Waals surface area contributed by atoms with E-state index < -0.39 is 0 Å². The minimum absolute atomic E-state index is 0.348. The van der Waals surface area contributed by atoms with Crippen LogP contribution in [-0.4, -0.2) is 22.8 Å². The molecule has 2 heterocycles. The van der Waals surface area contributed by atoms with Gasteiger partial charge in [0.2, 0.25) is 0 Å². The van der Waals surface area contributed by atoms with E-state index in [1.807, 2.05) is 0 Å². The van der Waals surface area contributed by atoms with Crippen molar-refractivity contribution in [3.05, 3.63) is 35.9 Å². The number of benzene rings is 1. The van der Waals surface area contributed by atoms with Crippen LogP contribution in [0.1, 0.15) is 57.4 Å². The van der Waals surface area contributed by atoms with Crippen LogP contribution < -0.4 is 0 Å². The van der Waals surface area contributed by atoms with Gasteiger partial charge in [-0.3, -0.25) is 9.69 Å². The second-order valence-electron chi connectivity index (χ2n) is 6.78. The summed E-state index contributed by atoms with van der Waals surface area (Å²) in [6.45, 7) is 3.23. The molecular weight excluding hydrogens is 258 g/mol. The van der Waals surface area contributed by atoms with Crippen LogP contribution in [-0.2, 0) is 11.3 Å². The molecule has 0 aliphatic carbocycles. The van der Waals surface area contributed by atoms with Crippen molar-refractivity contribution in [2.45, 2.75) is 70.5 Å². The van der Waals surface area contributed by atoms with Gasteiger partial charge in [-0.1, -0.05) is 43.7 Å². The first-order chi connectivity index (χ1) is 10.3. The molecule has 2 atom stereocenters. The van der Waals surface area contributed by atoms with Crippen LogP contribution in [0.4, 0.5) is 0 Å². The zero-order chi connectivity index (χ0) is 14.7. The van der Waals surface area contributed by atoms with Gasteiger partial charge in [-0.15, -0.1) is 0 Å². The molecule has 21 heavy (non-hydrogen) atoms. The Hall–Kier alpha value is -1.15. The number of hydrogen-bond acceptors (Lipinski definition) is 2. The fraction of sp³-hybridized carbons (Fsp3) is 0.632. The Morgan fingerprint density at radius 2 is 1.81 bits per heavy atom. The molecule has 2 aliphatic heterocycles. The molecule has 0 amide bonds. The smallest absolute Gasteiger partial charge is 0.136 e. The van der Waals surface area contributed by atoms with Crippen molar-refractivity contribution in [1.29, 1.82) is 0 Å². The van der Waals surface area contributed by atoms with Gasteiger partial charge in [0.1, 0.15) is 5.78 Å². The molecule has 1 aromatic carbocycles. The molecule has 2 fully saturated rings. The van der Waals surface area contributed by atoms with E-state index in [1.165, 1.54) is 18.4 Å². The second-order valence-corrected chi connectivity index (χ2v) is 6.78. The predicted octanol–water partition coefficient (Wildman–Crippen LogP) is 4.19. The lowest BCUT2D eigenvalue weighted by Crippen LogP contribution is -2.44. The number of carbonyl (C=O) groups is 1. The lowest BCUT2D eigenvalue weighted by Gasteiger charge is -2.38. The third kappa shape index (κ3) is 3.37. The molecule has 2 nitrogen and oxygen atoms in total. The summed E-state index contributed by atoms with van der Waals surface area (Å²) in [7, 11) is 0. The molecule has 2 aliphatic rings. The lowest BCUT2D eigenvalue weighted by atomic mass is 9.85. The predicted molar refractivity (Wildman–Crippen MR) is 86.1 cm³/mol. The number of rotatable bonds is 6. The first-order valence-corrected chi connectivity index (χ1v) is 8.60. The number of piperidine rings is 1. The van der Waals surface area contributed by atoms with E-state index in [1.54, 1.807) is 0 Å². The molecule has 114 valence electrons. The van der Waals surface area contributed by atoms with E-state index in [9.17, 15) is 4.79 Å². The zero-order valence-electron chi connectivity index (χ0n) is 13.1. The van der Waals surface area contributed by atoms with E-state index in [-0.39, 0.29) is 0 Å². The Bertz CT molecular complexity index is 456. The molecular formula is C19H27NO.